The Kier molecular flexibility index (Phi) is 7.82. The van der Waals surface area contributed by atoms with Crippen LogP contribution in [0.1, 0.15) is 53.4 Å². The summed E-state index contributed by atoms with van der Waals surface area (Å²) in [6, 6.07) is 19.3. The zero-order valence-electron chi connectivity index (χ0n) is 19.2. The van der Waals surface area contributed by atoms with Crippen molar-refractivity contribution in [2.75, 3.05) is 4.72 Å². The van der Waals surface area contributed by atoms with Crippen LogP contribution in [-0.2, 0) is 10.0 Å². The smallest absolute Gasteiger partial charge is 0.263 e. The van der Waals surface area contributed by atoms with Crippen LogP contribution < -0.4 is 10.0 Å². The minimum absolute atomic E-state index is 0.0469. The monoisotopic (exact) mass is 484 g/mol. The van der Waals surface area contributed by atoms with Gasteiger partial charge in [0.2, 0.25) is 0 Å². The SMILES string of the molecule is Cc1ccc(NS(=O)(=O)c2cc(C(=O)N[C@H](CC(C)C)c3ccccc3)ccc2Cl)c(C)c1. The van der Waals surface area contributed by atoms with E-state index >= 15 is 0 Å². The normalized spacial score (nSPS) is 12.4. The third kappa shape index (κ3) is 6.36. The summed E-state index contributed by atoms with van der Waals surface area (Å²) in [6.07, 6.45) is 0.753. The van der Waals surface area contributed by atoms with Gasteiger partial charge in [-0.3, -0.25) is 9.52 Å². The highest BCUT2D eigenvalue weighted by molar-refractivity contribution is 7.92. The van der Waals surface area contributed by atoms with Crippen LogP contribution in [0.25, 0.3) is 0 Å². The number of benzene rings is 3. The van der Waals surface area contributed by atoms with Crippen molar-refractivity contribution in [3.63, 3.8) is 0 Å². The summed E-state index contributed by atoms with van der Waals surface area (Å²) in [5.74, 6) is 0.00254. The summed E-state index contributed by atoms with van der Waals surface area (Å²) in [4.78, 5) is 12.9. The molecular formula is C26H29ClN2O3S. The van der Waals surface area contributed by atoms with Crippen molar-refractivity contribution in [3.8, 4) is 0 Å². The van der Waals surface area contributed by atoms with Gasteiger partial charge in [0.15, 0.2) is 0 Å². The molecule has 3 aromatic rings. The van der Waals surface area contributed by atoms with Crippen LogP contribution >= 0.6 is 11.6 Å². The average Bonchev–Trinajstić information content (AvgIpc) is 2.75. The number of hydrogen-bond acceptors (Lipinski definition) is 3. The first-order chi connectivity index (χ1) is 15.6. The number of rotatable bonds is 8. The molecule has 0 aliphatic rings. The zero-order chi connectivity index (χ0) is 24.2. The maximum Gasteiger partial charge on any atom is 0.263 e. The van der Waals surface area contributed by atoms with E-state index in [0.29, 0.717) is 11.6 Å². The Hall–Kier alpha value is -2.83. The molecule has 1 atom stereocenters. The molecule has 0 aliphatic carbocycles. The number of amides is 1. The Balaban J connectivity index is 1.88. The van der Waals surface area contributed by atoms with Crippen LogP contribution in [0.3, 0.4) is 0 Å². The van der Waals surface area contributed by atoms with Crippen molar-refractivity contribution < 1.29 is 13.2 Å². The van der Waals surface area contributed by atoms with E-state index in [1.807, 2.05) is 56.3 Å². The van der Waals surface area contributed by atoms with Gasteiger partial charge in [-0.05, 0) is 61.6 Å². The number of sulfonamides is 1. The van der Waals surface area contributed by atoms with Crippen LogP contribution in [0.2, 0.25) is 5.02 Å². The van der Waals surface area contributed by atoms with Crippen LogP contribution in [0.5, 0.6) is 0 Å². The van der Waals surface area contributed by atoms with Gasteiger partial charge in [0.1, 0.15) is 4.90 Å². The molecule has 0 heterocycles. The summed E-state index contributed by atoms with van der Waals surface area (Å²) < 4.78 is 28.8. The number of anilines is 1. The largest absolute Gasteiger partial charge is 0.345 e. The van der Waals surface area contributed by atoms with Gasteiger partial charge in [0, 0.05) is 5.56 Å². The topological polar surface area (TPSA) is 75.3 Å². The highest BCUT2D eigenvalue weighted by Crippen LogP contribution is 2.28. The Labute approximate surface area is 201 Å². The lowest BCUT2D eigenvalue weighted by Gasteiger charge is -2.21. The molecule has 0 saturated carbocycles. The molecule has 0 aromatic heterocycles. The summed E-state index contributed by atoms with van der Waals surface area (Å²) in [6.45, 7) is 7.95. The van der Waals surface area contributed by atoms with Crippen molar-refractivity contribution >= 4 is 33.2 Å². The fraction of sp³-hybridized carbons (Fsp3) is 0.269. The first-order valence-electron chi connectivity index (χ1n) is 10.8. The first kappa shape index (κ1) is 24.8. The molecule has 2 N–H and O–H groups in total. The molecule has 0 aliphatic heterocycles. The van der Waals surface area contributed by atoms with E-state index in [9.17, 15) is 13.2 Å². The predicted molar refractivity (Wildman–Crippen MR) is 134 cm³/mol. The van der Waals surface area contributed by atoms with Gasteiger partial charge in [-0.15, -0.1) is 0 Å². The molecular weight excluding hydrogens is 456 g/mol. The molecule has 0 fully saturated rings. The molecule has 3 aromatic carbocycles. The fourth-order valence-corrected chi connectivity index (χ4v) is 5.31. The van der Waals surface area contributed by atoms with E-state index in [1.165, 1.54) is 18.2 Å². The fourth-order valence-electron chi connectivity index (χ4n) is 3.66. The second kappa shape index (κ2) is 10.4. The first-order valence-corrected chi connectivity index (χ1v) is 12.7. The van der Waals surface area contributed by atoms with Crippen molar-refractivity contribution in [1.29, 1.82) is 0 Å². The Morgan fingerprint density at radius 1 is 0.970 bits per heavy atom. The van der Waals surface area contributed by atoms with Crippen LogP contribution in [-0.4, -0.2) is 14.3 Å². The number of halogens is 1. The van der Waals surface area contributed by atoms with E-state index in [1.54, 1.807) is 6.07 Å². The minimum atomic E-state index is -4.00. The second-order valence-corrected chi connectivity index (χ2v) is 10.7. The zero-order valence-corrected chi connectivity index (χ0v) is 20.8. The third-order valence-corrected chi connectivity index (χ3v) is 7.17. The van der Waals surface area contributed by atoms with E-state index in [2.05, 4.69) is 23.9 Å². The summed E-state index contributed by atoms with van der Waals surface area (Å²) in [5, 5.41) is 3.09. The van der Waals surface area contributed by atoms with Crippen molar-refractivity contribution in [2.45, 2.75) is 45.1 Å². The quantitative estimate of drug-likeness (QED) is 0.395. The highest BCUT2D eigenvalue weighted by atomic mass is 35.5. The lowest BCUT2D eigenvalue weighted by atomic mass is 9.96. The van der Waals surface area contributed by atoms with Crippen molar-refractivity contribution in [2.24, 2.45) is 5.92 Å². The molecule has 174 valence electrons. The molecule has 33 heavy (non-hydrogen) atoms. The van der Waals surface area contributed by atoms with Crippen LogP contribution in [0.15, 0.2) is 71.6 Å². The Bertz CT molecular complexity index is 1240. The average molecular weight is 485 g/mol. The maximum absolute atomic E-state index is 13.1. The molecule has 0 spiro atoms. The van der Waals surface area contributed by atoms with Crippen molar-refractivity contribution in [1.82, 2.24) is 5.32 Å². The summed E-state index contributed by atoms with van der Waals surface area (Å²) in [7, 11) is -4.00. The predicted octanol–water partition coefficient (Wildman–Crippen LogP) is 6.27. The second-order valence-electron chi connectivity index (χ2n) is 8.64. The lowest BCUT2D eigenvalue weighted by molar-refractivity contribution is 0.0931. The van der Waals surface area contributed by atoms with Gasteiger partial charge in [-0.2, -0.15) is 0 Å². The standard InChI is InChI=1S/C26H29ClN2O3S/c1-17(2)14-24(20-8-6-5-7-9-20)28-26(30)21-11-12-22(27)25(16-21)33(31,32)29-23-13-10-18(3)15-19(23)4/h5-13,15-17,24,29H,14H2,1-4H3,(H,28,30)/t24-/m1/s1. The van der Waals surface area contributed by atoms with Gasteiger partial charge in [-0.1, -0.05) is 73.5 Å². The highest BCUT2D eigenvalue weighted by Gasteiger charge is 2.23. The van der Waals surface area contributed by atoms with Crippen LogP contribution in [0.4, 0.5) is 5.69 Å². The molecule has 5 nitrogen and oxygen atoms in total. The number of carbonyl (C=O) groups is 1. The number of carbonyl (C=O) groups excluding carboxylic acids is 1. The number of nitrogens with one attached hydrogen (secondary N) is 2. The van der Waals surface area contributed by atoms with Crippen LogP contribution in [0, 0.1) is 19.8 Å². The van der Waals surface area contributed by atoms with Gasteiger partial charge in [0.05, 0.1) is 16.8 Å². The molecule has 0 unspecified atom stereocenters. The Morgan fingerprint density at radius 3 is 2.30 bits per heavy atom. The molecule has 3 rings (SSSR count). The van der Waals surface area contributed by atoms with Gasteiger partial charge in [0.25, 0.3) is 15.9 Å². The van der Waals surface area contributed by atoms with Gasteiger partial charge < -0.3 is 5.32 Å². The molecule has 0 radical (unpaired) electrons. The summed E-state index contributed by atoms with van der Waals surface area (Å²) in [5.41, 5.74) is 3.51. The number of aryl methyl sites for hydroxylation is 2. The maximum atomic E-state index is 13.1. The third-order valence-electron chi connectivity index (χ3n) is 5.32. The van der Waals surface area contributed by atoms with E-state index in [-0.39, 0.29) is 27.4 Å². The van der Waals surface area contributed by atoms with Gasteiger partial charge >= 0.3 is 0 Å². The molecule has 0 saturated heterocycles. The molecule has 0 bridgehead atoms. The van der Waals surface area contributed by atoms with Gasteiger partial charge in [-0.25, -0.2) is 8.42 Å². The minimum Gasteiger partial charge on any atom is -0.345 e. The van der Waals surface area contributed by atoms with E-state index in [0.717, 1.165) is 23.1 Å². The van der Waals surface area contributed by atoms with Crippen molar-refractivity contribution in [3.05, 3.63) is 94.0 Å². The number of hydrogen-bond donors (Lipinski definition) is 2. The lowest BCUT2D eigenvalue weighted by Crippen LogP contribution is -2.29. The molecule has 1 amide bonds. The Morgan fingerprint density at radius 2 is 1.67 bits per heavy atom. The van der Waals surface area contributed by atoms with E-state index in [4.69, 9.17) is 11.6 Å². The molecule has 7 heteroatoms. The van der Waals surface area contributed by atoms with E-state index < -0.39 is 10.0 Å². The summed E-state index contributed by atoms with van der Waals surface area (Å²) >= 11 is 6.24.